The normalized spacial score (nSPS) is 10.2. The summed E-state index contributed by atoms with van der Waals surface area (Å²) in [6, 6.07) is 3.22. The molecule has 0 aliphatic rings. The largest absolute Gasteiger partial charge is 0.467 e. The van der Waals surface area contributed by atoms with Gasteiger partial charge in [0.15, 0.2) is 0 Å². The average Bonchev–Trinajstić information content (AvgIpc) is 2.47. The molecule has 0 bridgehead atoms. The van der Waals surface area contributed by atoms with Gasteiger partial charge in [0.1, 0.15) is 11.6 Å². The van der Waals surface area contributed by atoms with Gasteiger partial charge in [-0.05, 0) is 18.2 Å². The van der Waals surface area contributed by atoms with Crippen LogP contribution in [0.3, 0.4) is 0 Å². The topological polar surface area (TPSA) is 98.0 Å². The molecule has 0 saturated carbocycles. The number of nitrogen functional groups attached to an aromatic ring is 1. The molecule has 0 unspecified atom stereocenters. The standard InChI is InChI=1S/C11H12F2N6O/c1-20-11-17-9(16-10(18-11)19-14)15-5-6-4-7(12)2-3-8(6)13/h2-4H,5,14H2,1H3,(H2,15,16,17,18,19). The van der Waals surface area contributed by atoms with Crippen LogP contribution >= 0.6 is 0 Å². The summed E-state index contributed by atoms with van der Waals surface area (Å²) in [7, 11) is 1.38. The van der Waals surface area contributed by atoms with E-state index in [1.54, 1.807) is 0 Å². The van der Waals surface area contributed by atoms with Crippen LogP contribution in [0.5, 0.6) is 6.01 Å². The molecular formula is C11H12F2N6O. The summed E-state index contributed by atoms with van der Waals surface area (Å²) in [5, 5.41) is 2.73. The molecule has 20 heavy (non-hydrogen) atoms. The summed E-state index contributed by atoms with van der Waals surface area (Å²) in [6.07, 6.45) is 0. The Kier molecular flexibility index (Phi) is 4.20. The van der Waals surface area contributed by atoms with E-state index in [0.29, 0.717) is 0 Å². The minimum atomic E-state index is -0.530. The highest BCUT2D eigenvalue weighted by molar-refractivity contribution is 5.36. The third kappa shape index (κ3) is 3.26. The van der Waals surface area contributed by atoms with Gasteiger partial charge in [-0.15, -0.1) is 0 Å². The Balaban J connectivity index is 2.16. The summed E-state index contributed by atoms with van der Waals surface area (Å²) in [5.74, 6) is 4.34. The van der Waals surface area contributed by atoms with E-state index in [4.69, 9.17) is 10.6 Å². The first-order chi connectivity index (χ1) is 9.62. The maximum atomic E-state index is 13.4. The number of methoxy groups -OCH3 is 1. The van der Waals surface area contributed by atoms with Crippen LogP contribution in [-0.2, 0) is 6.54 Å². The molecule has 106 valence electrons. The van der Waals surface area contributed by atoms with Gasteiger partial charge in [-0.1, -0.05) is 0 Å². The van der Waals surface area contributed by atoms with Crippen LogP contribution in [0.4, 0.5) is 20.7 Å². The fourth-order valence-corrected chi connectivity index (χ4v) is 1.44. The second-order valence-electron chi connectivity index (χ2n) is 3.70. The lowest BCUT2D eigenvalue weighted by atomic mass is 10.2. The van der Waals surface area contributed by atoms with Gasteiger partial charge < -0.3 is 10.1 Å². The molecule has 0 saturated heterocycles. The van der Waals surface area contributed by atoms with Crippen LogP contribution in [-0.4, -0.2) is 22.1 Å². The highest BCUT2D eigenvalue weighted by atomic mass is 19.1. The number of hydrazine groups is 1. The van der Waals surface area contributed by atoms with Gasteiger partial charge in [-0.3, -0.25) is 5.43 Å². The molecule has 0 fully saturated rings. The average molecular weight is 282 g/mol. The lowest BCUT2D eigenvalue weighted by Gasteiger charge is -2.08. The highest BCUT2D eigenvalue weighted by Crippen LogP contribution is 2.13. The van der Waals surface area contributed by atoms with Gasteiger partial charge in [0.05, 0.1) is 7.11 Å². The minimum absolute atomic E-state index is 0.000766. The van der Waals surface area contributed by atoms with Gasteiger partial charge in [-0.25, -0.2) is 14.6 Å². The Morgan fingerprint density at radius 3 is 2.65 bits per heavy atom. The number of anilines is 2. The number of hydrogen-bond acceptors (Lipinski definition) is 7. The molecule has 2 aromatic rings. The summed E-state index contributed by atoms with van der Waals surface area (Å²) >= 11 is 0. The molecule has 1 aromatic heterocycles. The van der Waals surface area contributed by atoms with Crippen LogP contribution in [0.25, 0.3) is 0 Å². The molecule has 0 aliphatic carbocycles. The van der Waals surface area contributed by atoms with E-state index in [9.17, 15) is 8.78 Å². The lowest BCUT2D eigenvalue weighted by molar-refractivity contribution is 0.379. The number of nitrogens with zero attached hydrogens (tertiary/aromatic N) is 3. The molecule has 1 aromatic carbocycles. The summed E-state index contributed by atoms with van der Waals surface area (Å²) in [5.41, 5.74) is 2.39. The first-order valence-corrected chi connectivity index (χ1v) is 5.57. The predicted octanol–water partition coefficient (Wildman–Crippen LogP) is 1.06. The molecular weight excluding hydrogens is 270 g/mol. The van der Waals surface area contributed by atoms with Crippen molar-refractivity contribution in [2.24, 2.45) is 5.84 Å². The number of hydrogen-bond donors (Lipinski definition) is 3. The highest BCUT2D eigenvalue weighted by Gasteiger charge is 2.08. The van der Waals surface area contributed by atoms with Crippen LogP contribution < -0.4 is 21.3 Å². The Morgan fingerprint density at radius 1 is 1.20 bits per heavy atom. The molecule has 0 aliphatic heterocycles. The number of nitrogens with one attached hydrogen (secondary N) is 2. The SMILES string of the molecule is COc1nc(NN)nc(NCc2cc(F)ccc2F)n1. The molecule has 0 atom stereocenters. The van der Waals surface area contributed by atoms with Crippen molar-refractivity contribution >= 4 is 11.9 Å². The fourth-order valence-electron chi connectivity index (χ4n) is 1.44. The quantitative estimate of drug-likeness (QED) is 0.557. The van der Waals surface area contributed by atoms with Crippen molar-refractivity contribution in [3.8, 4) is 6.01 Å². The second-order valence-corrected chi connectivity index (χ2v) is 3.70. The van der Waals surface area contributed by atoms with Gasteiger partial charge >= 0.3 is 6.01 Å². The monoisotopic (exact) mass is 282 g/mol. The smallest absolute Gasteiger partial charge is 0.322 e. The molecule has 4 N–H and O–H groups in total. The van der Waals surface area contributed by atoms with Gasteiger partial charge in [-0.2, -0.15) is 15.0 Å². The summed E-state index contributed by atoms with van der Waals surface area (Å²) in [6.45, 7) is 0.000766. The van der Waals surface area contributed by atoms with Crippen LogP contribution in [0.1, 0.15) is 5.56 Å². The van der Waals surface area contributed by atoms with E-state index in [1.807, 2.05) is 0 Å². The number of rotatable bonds is 5. The predicted molar refractivity (Wildman–Crippen MR) is 67.9 cm³/mol. The zero-order chi connectivity index (χ0) is 14.5. The minimum Gasteiger partial charge on any atom is -0.467 e. The van der Waals surface area contributed by atoms with Crippen molar-refractivity contribution in [2.75, 3.05) is 17.9 Å². The second kappa shape index (κ2) is 6.06. The maximum Gasteiger partial charge on any atom is 0.322 e. The van der Waals surface area contributed by atoms with E-state index in [1.165, 1.54) is 7.11 Å². The zero-order valence-electron chi connectivity index (χ0n) is 10.5. The van der Waals surface area contributed by atoms with Crippen LogP contribution in [0.15, 0.2) is 18.2 Å². The number of benzene rings is 1. The Labute approximate surface area is 113 Å². The third-order valence-corrected chi connectivity index (χ3v) is 2.37. The molecule has 7 nitrogen and oxygen atoms in total. The molecule has 1 heterocycles. The summed E-state index contributed by atoms with van der Waals surface area (Å²) in [4.78, 5) is 11.6. The van der Waals surface area contributed by atoms with E-state index in [-0.39, 0.29) is 30.0 Å². The first kappa shape index (κ1) is 13.9. The van der Waals surface area contributed by atoms with Crippen LogP contribution in [0, 0.1) is 11.6 Å². The van der Waals surface area contributed by atoms with Crippen molar-refractivity contribution in [1.82, 2.24) is 15.0 Å². The molecule has 0 amide bonds. The Hall–Kier alpha value is -2.55. The third-order valence-electron chi connectivity index (χ3n) is 2.37. The zero-order valence-corrected chi connectivity index (χ0v) is 10.5. The number of aromatic nitrogens is 3. The molecule has 0 spiro atoms. The Bertz CT molecular complexity index is 587. The van der Waals surface area contributed by atoms with Crippen molar-refractivity contribution in [3.05, 3.63) is 35.4 Å². The van der Waals surface area contributed by atoms with E-state index in [2.05, 4.69) is 25.7 Å². The van der Waals surface area contributed by atoms with Crippen molar-refractivity contribution in [1.29, 1.82) is 0 Å². The van der Waals surface area contributed by atoms with Gasteiger partial charge in [0.25, 0.3) is 0 Å². The lowest BCUT2D eigenvalue weighted by Crippen LogP contribution is -2.14. The number of halogens is 2. The van der Waals surface area contributed by atoms with Crippen molar-refractivity contribution in [3.63, 3.8) is 0 Å². The van der Waals surface area contributed by atoms with Gasteiger partial charge in [0, 0.05) is 12.1 Å². The van der Waals surface area contributed by atoms with Crippen molar-refractivity contribution < 1.29 is 13.5 Å². The molecule has 2 rings (SSSR count). The van der Waals surface area contributed by atoms with E-state index >= 15 is 0 Å². The Morgan fingerprint density at radius 2 is 1.95 bits per heavy atom. The number of nitrogens with two attached hydrogens (primary N) is 1. The van der Waals surface area contributed by atoms with Gasteiger partial charge in [0.2, 0.25) is 11.9 Å². The van der Waals surface area contributed by atoms with Crippen molar-refractivity contribution in [2.45, 2.75) is 6.54 Å². The van der Waals surface area contributed by atoms with E-state index < -0.39 is 11.6 Å². The van der Waals surface area contributed by atoms with E-state index in [0.717, 1.165) is 18.2 Å². The first-order valence-electron chi connectivity index (χ1n) is 5.57. The molecule has 9 heteroatoms. The van der Waals surface area contributed by atoms with Crippen LogP contribution in [0.2, 0.25) is 0 Å². The molecule has 0 radical (unpaired) electrons. The summed E-state index contributed by atoms with van der Waals surface area (Å²) < 4.78 is 31.3. The number of ether oxygens (including phenoxy) is 1. The maximum absolute atomic E-state index is 13.4. The fraction of sp³-hybridized carbons (Fsp3) is 0.182.